The van der Waals surface area contributed by atoms with Crippen LogP contribution in [0.4, 0.5) is 5.69 Å². The van der Waals surface area contributed by atoms with Gasteiger partial charge in [0.25, 0.3) is 0 Å². The van der Waals surface area contributed by atoms with Gasteiger partial charge in [0, 0.05) is 6.54 Å². The number of methoxy groups -OCH3 is 1. The lowest BCUT2D eigenvalue weighted by Gasteiger charge is -2.38. The molecular formula is C13H20N2OS. The van der Waals surface area contributed by atoms with Gasteiger partial charge in [0.2, 0.25) is 0 Å². The fourth-order valence-corrected chi connectivity index (χ4v) is 3.45. The molecule has 0 amide bonds. The van der Waals surface area contributed by atoms with E-state index in [4.69, 9.17) is 10.5 Å². The molecule has 1 heterocycles. The van der Waals surface area contributed by atoms with Gasteiger partial charge in [-0.3, -0.25) is 0 Å². The van der Waals surface area contributed by atoms with E-state index in [1.807, 2.05) is 30.0 Å². The predicted octanol–water partition coefficient (Wildman–Crippen LogP) is 2.33. The fraction of sp³-hybridized carbons (Fsp3) is 0.538. The van der Waals surface area contributed by atoms with Crippen molar-refractivity contribution < 1.29 is 4.74 Å². The van der Waals surface area contributed by atoms with Crippen molar-refractivity contribution in [3.05, 3.63) is 24.3 Å². The normalized spacial score (nSPS) is 18.7. The molecule has 1 aliphatic heterocycles. The van der Waals surface area contributed by atoms with Gasteiger partial charge in [0.05, 0.1) is 18.3 Å². The third kappa shape index (κ3) is 2.87. The Labute approximate surface area is 107 Å². The fourth-order valence-electron chi connectivity index (χ4n) is 2.18. The summed E-state index contributed by atoms with van der Waals surface area (Å²) in [7, 11) is 1.70. The van der Waals surface area contributed by atoms with Gasteiger partial charge in [0.15, 0.2) is 0 Å². The standard InChI is InChI=1S/C13H20N2OS/c1-16-12-5-3-2-4-11(12)15-13(10-14)6-8-17-9-7-13/h2-5,15H,6-10,14H2,1H3. The molecule has 0 saturated carbocycles. The zero-order chi connectivity index (χ0) is 12.1. The topological polar surface area (TPSA) is 47.3 Å². The van der Waals surface area contributed by atoms with Crippen LogP contribution in [0.15, 0.2) is 24.3 Å². The van der Waals surface area contributed by atoms with Crippen LogP contribution in [0.2, 0.25) is 0 Å². The number of anilines is 1. The van der Waals surface area contributed by atoms with E-state index < -0.39 is 0 Å². The highest BCUT2D eigenvalue weighted by Crippen LogP contribution is 2.33. The molecule has 2 rings (SSSR count). The molecule has 0 bridgehead atoms. The molecule has 1 saturated heterocycles. The van der Waals surface area contributed by atoms with Gasteiger partial charge in [-0.2, -0.15) is 11.8 Å². The molecule has 17 heavy (non-hydrogen) atoms. The smallest absolute Gasteiger partial charge is 0.141 e. The van der Waals surface area contributed by atoms with E-state index in [0.717, 1.165) is 24.3 Å². The Hall–Kier alpha value is -0.870. The Kier molecular flexibility index (Phi) is 4.18. The first-order chi connectivity index (χ1) is 8.29. The third-order valence-electron chi connectivity index (χ3n) is 3.35. The van der Waals surface area contributed by atoms with E-state index in [0.29, 0.717) is 6.54 Å². The number of hydrogen-bond acceptors (Lipinski definition) is 4. The first kappa shape index (κ1) is 12.6. The molecule has 3 N–H and O–H groups in total. The molecule has 0 radical (unpaired) electrons. The highest BCUT2D eigenvalue weighted by atomic mass is 32.2. The number of thioether (sulfide) groups is 1. The monoisotopic (exact) mass is 252 g/mol. The molecule has 3 nitrogen and oxygen atoms in total. The summed E-state index contributed by atoms with van der Waals surface area (Å²) >= 11 is 2.01. The maximum Gasteiger partial charge on any atom is 0.141 e. The second-order valence-electron chi connectivity index (χ2n) is 4.42. The molecule has 1 aliphatic rings. The largest absolute Gasteiger partial charge is 0.495 e. The van der Waals surface area contributed by atoms with E-state index in [1.165, 1.54) is 11.5 Å². The summed E-state index contributed by atoms with van der Waals surface area (Å²) in [5.41, 5.74) is 7.06. The number of nitrogens with two attached hydrogens (primary N) is 1. The molecule has 1 aromatic carbocycles. The molecule has 0 aromatic heterocycles. The molecule has 94 valence electrons. The SMILES string of the molecule is COc1ccccc1NC1(CN)CCSCC1. The lowest BCUT2D eigenvalue weighted by molar-refractivity contribution is 0.407. The van der Waals surface area contributed by atoms with E-state index in [2.05, 4.69) is 11.4 Å². The van der Waals surface area contributed by atoms with Crippen LogP contribution in [0.5, 0.6) is 5.75 Å². The third-order valence-corrected chi connectivity index (χ3v) is 4.33. The summed E-state index contributed by atoms with van der Waals surface area (Å²) in [4.78, 5) is 0. The van der Waals surface area contributed by atoms with Crippen molar-refractivity contribution in [2.75, 3.05) is 30.5 Å². The second-order valence-corrected chi connectivity index (χ2v) is 5.65. The van der Waals surface area contributed by atoms with Crippen molar-refractivity contribution in [1.29, 1.82) is 0 Å². The van der Waals surface area contributed by atoms with Gasteiger partial charge in [-0.15, -0.1) is 0 Å². The average Bonchev–Trinajstić information content (AvgIpc) is 2.40. The van der Waals surface area contributed by atoms with Crippen LogP contribution in [0.1, 0.15) is 12.8 Å². The zero-order valence-corrected chi connectivity index (χ0v) is 11.1. The summed E-state index contributed by atoms with van der Waals surface area (Å²) in [5.74, 6) is 3.25. The Morgan fingerprint density at radius 3 is 2.71 bits per heavy atom. The molecule has 0 spiro atoms. The Morgan fingerprint density at radius 2 is 2.06 bits per heavy atom. The maximum absolute atomic E-state index is 5.97. The molecule has 0 unspecified atom stereocenters. The minimum Gasteiger partial charge on any atom is -0.495 e. The average molecular weight is 252 g/mol. The van der Waals surface area contributed by atoms with Crippen molar-refractivity contribution in [2.24, 2.45) is 5.73 Å². The van der Waals surface area contributed by atoms with Gasteiger partial charge < -0.3 is 15.8 Å². The molecule has 1 aromatic rings. The lowest BCUT2D eigenvalue weighted by atomic mass is 9.92. The number of nitrogens with one attached hydrogen (secondary N) is 1. The number of para-hydroxylation sites is 2. The summed E-state index contributed by atoms with van der Waals surface area (Å²) in [6.45, 7) is 0.672. The van der Waals surface area contributed by atoms with Crippen LogP contribution in [-0.4, -0.2) is 30.7 Å². The van der Waals surface area contributed by atoms with Crippen molar-refractivity contribution in [1.82, 2.24) is 0 Å². The molecule has 0 atom stereocenters. The van der Waals surface area contributed by atoms with E-state index in [-0.39, 0.29) is 5.54 Å². The van der Waals surface area contributed by atoms with Crippen LogP contribution in [0.3, 0.4) is 0 Å². The lowest BCUT2D eigenvalue weighted by Crippen LogP contribution is -2.48. The maximum atomic E-state index is 5.97. The first-order valence-electron chi connectivity index (χ1n) is 5.99. The Morgan fingerprint density at radius 1 is 1.35 bits per heavy atom. The van der Waals surface area contributed by atoms with E-state index in [1.54, 1.807) is 7.11 Å². The van der Waals surface area contributed by atoms with E-state index in [9.17, 15) is 0 Å². The van der Waals surface area contributed by atoms with Gasteiger partial charge >= 0.3 is 0 Å². The van der Waals surface area contributed by atoms with E-state index >= 15 is 0 Å². The Bertz CT molecular complexity index is 364. The zero-order valence-electron chi connectivity index (χ0n) is 10.2. The summed E-state index contributed by atoms with van der Waals surface area (Å²) in [5, 5.41) is 3.60. The van der Waals surface area contributed by atoms with Crippen molar-refractivity contribution in [2.45, 2.75) is 18.4 Å². The second kappa shape index (κ2) is 5.65. The quantitative estimate of drug-likeness (QED) is 0.863. The van der Waals surface area contributed by atoms with Crippen molar-refractivity contribution in [3.63, 3.8) is 0 Å². The van der Waals surface area contributed by atoms with Crippen LogP contribution < -0.4 is 15.8 Å². The van der Waals surface area contributed by atoms with Crippen LogP contribution in [0.25, 0.3) is 0 Å². The number of benzene rings is 1. The van der Waals surface area contributed by atoms with Crippen LogP contribution >= 0.6 is 11.8 Å². The summed E-state index contributed by atoms with van der Waals surface area (Å²) in [6.07, 6.45) is 2.23. The summed E-state index contributed by atoms with van der Waals surface area (Å²) in [6, 6.07) is 8.03. The van der Waals surface area contributed by atoms with Gasteiger partial charge in [-0.1, -0.05) is 12.1 Å². The van der Waals surface area contributed by atoms with Crippen molar-refractivity contribution >= 4 is 17.4 Å². The molecule has 1 fully saturated rings. The van der Waals surface area contributed by atoms with Crippen LogP contribution in [0, 0.1) is 0 Å². The Balaban J connectivity index is 2.17. The first-order valence-corrected chi connectivity index (χ1v) is 7.14. The number of hydrogen-bond donors (Lipinski definition) is 2. The number of ether oxygens (including phenoxy) is 1. The van der Waals surface area contributed by atoms with Gasteiger partial charge in [0.1, 0.15) is 5.75 Å². The predicted molar refractivity (Wildman–Crippen MR) is 75.0 cm³/mol. The minimum absolute atomic E-state index is 0.0416. The van der Waals surface area contributed by atoms with Crippen LogP contribution in [-0.2, 0) is 0 Å². The minimum atomic E-state index is 0.0416. The molecule has 4 heteroatoms. The van der Waals surface area contributed by atoms with Gasteiger partial charge in [-0.05, 0) is 36.5 Å². The highest BCUT2D eigenvalue weighted by Gasteiger charge is 2.31. The summed E-state index contributed by atoms with van der Waals surface area (Å²) < 4.78 is 5.37. The molecule has 0 aliphatic carbocycles. The van der Waals surface area contributed by atoms with Crippen molar-refractivity contribution in [3.8, 4) is 5.75 Å². The number of rotatable bonds is 4. The highest BCUT2D eigenvalue weighted by molar-refractivity contribution is 7.99. The molecular weight excluding hydrogens is 232 g/mol. The van der Waals surface area contributed by atoms with Gasteiger partial charge in [-0.25, -0.2) is 0 Å².